The molecule has 108 valence electrons. The van der Waals surface area contributed by atoms with Crippen LogP contribution in [0.4, 0.5) is 0 Å². The zero-order valence-corrected chi connectivity index (χ0v) is 12.3. The number of nitrogens with zero attached hydrogens (tertiary/aromatic N) is 3. The van der Waals surface area contributed by atoms with Crippen molar-refractivity contribution in [2.75, 3.05) is 27.2 Å². The summed E-state index contributed by atoms with van der Waals surface area (Å²) >= 11 is 0. The Balaban J connectivity index is 1.92. The normalized spacial score (nSPS) is 14.7. The third-order valence-corrected chi connectivity index (χ3v) is 2.97. The molecule has 0 aliphatic carbocycles. The number of benzene rings is 1. The van der Waals surface area contributed by atoms with Crippen LogP contribution in [0.3, 0.4) is 0 Å². The first kappa shape index (κ1) is 14.8. The van der Waals surface area contributed by atoms with E-state index in [1.165, 1.54) is 0 Å². The first-order valence-electron chi connectivity index (χ1n) is 6.75. The van der Waals surface area contributed by atoms with E-state index in [9.17, 15) is 5.11 Å². The van der Waals surface area contributed by atoms with Crippen LogP contribution in [0.5, 0.6) is 0 Å². The molecule has 1 aromatic heterocycles. The van der Waals surface area contributed by atoms with Crippen molar-refractivity contribution in [1.29, 1.82) is 0 Å². The van der Waals surface area contributed by atoms with E-state index in [0.29, 0.717) is 19.6 Å². The van der Waals surface area contributed by atoms with Gasteiger partial charge in [-0.1, -0.05) is 12.1 Å². The van der Waals surface area contributed by atoms with E-state index in [4.69, 9.17) is 0 Å². The van der Waals surface area contributed by atoms with Gasteiger partial charge in [0.25, 0.3) is 0 Å². The second kappa shape index (κ2) is 6.26. The van der Waals surface area contributed by atoms with Crippen LogP contribution in [-0.4, -0.2) is 52.8 Å². The van der Waals surface area contributed by atoms with E-state index in [0.717, 1.165) is 16.7 Å². The van der Waals surface area contributed by atoms with Crippen molar-refractivity contribution < 1.29 is 5.11 Å². The summed E-state index contributed by atoms with van der Waals surface area (Å²) in [6.45, 7) is 3.55. The van der Waals surface area contributed by atoms with Crippen LogP contribution < -0.4 is 5.32 Å². The minimum atomic E-state index is -0.756. The molecule has 0 aliphatic rings. The second-order valence-corrected chi connectivity index (χ2v) is 5.69. The minimum absolute atomic E-state index is 0.514. The largest absolute Gasteiger partial charge is 0.388 e. The number of likely N-dealkylation sites (N-methyl/N-ethyl adjacent to an activating group) is 1. The number of nitrogens with one attached hydrogen (secondary N) is 1. The molecule has 20 heavy (non-hydrogen) atoms. The molecule has 0 saturated heterocycles. The molecule has 2 N–H and O–H groups in total. The Morgan fingerprint density at radius 3 is 2.65 bits per heavy atom. The first-order chi connectivity index (χ1) is 9.46. The summed E-state index contributed by atoms with van der Waals surface area (Å²) in [6.07, 6.45) is 1.77. The summed E-state index contributed by atoms with van der Waals surface area (Å²) in [5, 5.41) is 13.4. The summed E-state index contributed by atoms with van der Waals surface area (Å²) in [5.41, 5.74) is 1.92. The number of hydrogen-bond donors (Lipinski definition) is 2. The second-order valence-electron chi connectivity index (χ2n) is 5.69. The van der Waals surface area contributed by atoms with Gasteiger partial charge in [-0.05, 0) is 33.2 Å². The highest BCUT2D eigenvalue weighted by Crippen LogP contribution is 2.08. The number of rotatable bonds is 6. The highest BCUT2D eigenvalue weighted by Gasteiger charge is 2.20. The van der Waals surface area contributed by atoms with Gasteiger partial charge in [-0.15, -0.1) is 0 Å². The van der Waals surface area contributed by atoms with E-state index >= 15 is 0 Å². The topological polar surface area (TPSA) is 61.3 Å². The lowest BCUT2D eigenvalue weighted by molar-refractivity contribution is 0.0335. The number of fused-ring (bicyclic) bond motifs is 1. The molecule has 1 heterocycles. The van der Waals surface area contributed by atoms with Crippen LogP contribution >= 0.6 is 0 Å². The van der Waals surface area contributed by atoms with Gasteiger partial charge in [-0.3, -0.25) is 4.98 Å². The predicted octanol–water partition coefficient (Wildman–Crippen LogP) is 1.03. The Morgan fingerprint density at radius 2 is 1.95 bits per heavy atom. The highest BCUT2D eigenvalue weighted by atomic mass is 16.3. The van der Waals surface area contributed by atoms with Crippen LogP contribution in [0.25, 0.3) is 11.0 Å². The van der Waals surface area contributed by atoms with Crippen LogP contribution in [0, 0.1) is 0 Å². The summed E-state index contributed by atoms with van der Waals surface area (Å²) in [6, 6.07) is 7.80. The van der Waals surface area contributed by atoms with Gasteiger partial charge in [0.1, 0.15) is 0 Å². The van der Waals surface area contributed by atoms with Gasteiger partial charge in [0.15, 0.2) is 0 Å². The smallest absolute Gasteiger partial charge is 0.0890 e. The van der Waals surface area contributed by atoms with E-state index < -0.39 is 5.60 Å². The molecular formula is C15H22N4O. The third kappa shape index (κ3) is 4.23. The molecule has 0 saturated carbocycles. The van der Waals surface area contributed by atoms with Gasteiger partial charge < -0.3 is 15.3 Å². The molecule has 1 atom stereocenters. The first-order valence-corrected chi connectivity index (χ1v) is 6.75. The van der Waals surface area contributed by atoms with Crippen molar-refractivity contribution in [2.45, 2.75) is 19.1 Å². The lowest BCUT2D eigenvalue weighted by Gasteiger charge is -2.27. The van der Waals surface area contributed by atoms with Crippen molar-refractivity contribution in [3.63, 3.8) is 0 Å². The average Bonchev–Trinajstić information content (AvgIpc) is 2.37. The lowest BCUT2D eigenvalue weighted by Crippen LogP contribution is -2.45. The molecule has 0 spiro atoms. The van der Waals surface area contributed by atoms with Crippen molar-refractivity contribution in [3.05, 3.63) is 36.2 Å². The molecule has 5 heteroatoms. The van der Waals surface area contributed by atoms with Crippen molar-refractivity contribution >= 4 is 11.0 Å². The Hall–Kier alpha value is -1.56. The Labute approximate surface area is 119 Å². The summed E-state index contributed by atoms with van der Waals surface area (Å²) in [4.78, 5) is 10.9. The highest BCUT2D eigenvalue weighted by molar-refractivity contribution is 5.73. The standard InChI is InChI=1S/C15H22N4O/c1-15(20,11-19(2)3)10-16-8-12-9-17-13-6-4-5-7-14(13)18-12/h4-7,9,16,20H,8,10-11H2,1-3H3. The number of aromatic nitrogens is 2. The molecule has 0 fully saturated rings. The zero-order valence-electron chi connectivity index (χ0n) is 12.3. The molecular weight excluding hydrogens is 252 g/mol. The molecule has 2 rings (SSSR count). The summed E-state index contributed by atoms with van der Waals surface area (Å²) in [5.74, 6) is 0. The van der Waals surface area contributed by atoms with Gasteiger partial charge in [-0.25, -0.2) is 4.98 Å². The summed E-state index contributed by atoms with van der Waals surface area (Å²) < 4.78 is 0. The van der Waals surface area contributed by atoms with Crippen molar-refractivity contribution in [3.8, 4) is 0 Å². The van der Waals surface area contributed by atoms with Crippen LogP contribution in [0.15, 0.2) is 30.5 Å². The molecule has 2 aromatic rings. The fraction of sp³-hybridized carbons (Fsp3) is 0.467. The van der Waals surface area contributed by atoms with E-state index in [2.05, 4.69) is 15.3 Å². The molecule has 0 radical (unpaired) electrons. The maximum atomic E-state index is 10.2. The molecule has 1 aromatic carbocycles. The van der Waals surface area contributed by atoms with Crippen LogP contribution in [0.2, 0.25) is 0 Å². The van der Waals surface area contributed by atoms with Crippen molar-refractivity contribution in [1.82, 2.24) is 20.2 Å². The quantitative estimate of drug-likeness (QED) is 0.824. The van der Waals surface area contributed by atoms with Gasteiger partial charge in [0.2, 0.25) is 0 Å². The van der Waals surface area contributed by atoms with E-state index in [1.807, 2.05) is 50.2 Å². The monoisotopic (exact) mass is 274 g/mol. The third-order valence-electron chi connectivity index (χ3n) is 2.97. The summed E-state index contributed by atoms with van der Waals surface area (Å²) in [7, 11) is 3.90. The Morgan fingerprint density at radius 1 is 1.25 bits per heavy atom. The van der Waals surface area contributed by atoms with Gasteiger partial charge in [-0.2, -0.15) is 0 Å². The molecule has 0 aliphatic heterocycles. The Kier molecular flexibility index (Phi) is 4.65. The van der Waals surface area contributed by atoms with Gasteiger partial charge in [0.05, 0.1) is 28.5 Å². The number of aliphatic hydroxyl groups is 1. The zero-order chi connectivity index (χ0) is 14.6. The van der Waals surface area contributed by atoms with Gasteiger partial charge in [0, 0.05) is 19.6 Å². The molecule has 0 amide bonds. The number of para-hydroxylation sites is 2. The molecule has 5 nitrogen and oxygen atoms in total. The van der Waals surface area contributed by atoms with E-state index in [-0.39, 0.29) is 0 Å². The van der Waals surface area contributed by atoms with Crippen LogP contribution in [0.1, 0.15) is 12.6 Å². The maximum absolute atomic E-state index is 10.2. The minimum Gasteiger partial charge on any atom is -0.388 e. The average molecular weight is 274 g/mol. The van der Waals surface area contributed by atoms with Crippen LogP contribution in [-0.2, 0) is 6.54 Å². The SMILES string of the molecule is CN(C)CC(C)(O)CNCc1cnc2ccccc2n1. The molecule has 0 bridgehead atoms. The fourth-order valence-corrected chi connectivity index (χ4v) is 2.28. The molecule has 1 unspecified atom stereocenters. The van der Waals surface area contributed by atoms with Crippen molar-refractivity contribution in [2.24, 2.45) is 0 Å². The van der Waals surface area contributed by atoms with Gasteiger partial charge >= 0.3 is 0 Å². The maximum Gasteiger partial charge on any atom is 0.0890 e. The fourth-order valence-electron chi connectivity index (χ4n) is 2.28. The Bertz CT molecular complexity index is 569. The predicted molar refractivity (Wildman–Crippen MR) is 80.4 cm³/mol. The number of hydrogen-bond acceptors (Lipinski definition) is 5. The lowest BCUT2D eigenvalue weighted by atomic mass is 10.1. The van der Waals surface area contributed by atoms with E-state index in [1.54, 1.807) is 6.20 Å².